The average Bonchev–Trinajstić information content (AvgIpc) is 2.51. The molecule has 0 aliphatic heterocycles. The summed E-state index contributed by atoms with van der Waals surface area (Å²) in [6.45, 7) is 8.43. The summed E-state index contributed by atoms with van der Waals surface area (Å²) in [6, 6.07) is 8.91. The summed E-state index contributed by atoms with van der Waals surface area (Å²) in [5.74, 6) is 0.994. The lowest BCUT2D eigenvalue weighted by Gasteiger charge is -2.13. The number of hydrogen-bond acceptors (Lipinski definition) is 2. The smallest absolute Gasteiger partial charge is 0.119 e. The van der Waals surface area contributed by atoms with Gasteiger partial charge in [-0.15, -0.1) is 0 Å². The maximum Gasteiger partial charge on any atom is 0.119 e. The minimum Gasteiger partial charge on any atom is -0.494 e. The van der Waals surface area contributed by atoms with E-state index in [4.69, 9.17) is 4.74 Å². The molecule has 21 heavy (non-hydrogen) atoms. The van der Waals surface area contributed by atoms with Crippen molar-refractivity contribution in [2.75, 3.05) is 13.2 Å². The van der Waals surface area contributed by atoms with E-state index in [9.17, 15) is 0 Å². The monoisotopic (exact) mass is 291 g/mol. The van der Waals surface area contributed by atoms with Crippen LogP contribution in [0, 0.1) is 0 Å². The predicted molar refractivity (Wildman–Crippen MR) is 92.0 cm³/mol. The van der Waals surface area contributed by atoms with Gasteiger partial charge in [0.1, 0.15) is 5.75 Å². The van der Waals surface area contributed by atoms with Gasteiger partial charge in [0.15, 0.2) is 0 Å². The third-order valence-corrected chi connectivity index (χ3v) is 3.91. The summed E-state index contributed by atoms with van der Waals surface area (Å²) in [5, 5.41) is 3.42. The van der Waals surface area contributed by atoms with Crippen LogP contribution in [0.25, 0.3) is 0 Å². The summed E-state index contributed by atoms with van der Waals surface area (Å²) in [5.41, 5.74) is 1.32. The van der Waals surface area contributed by atoms with E-state index in [0.717, 1.165) is 18.9 Å². The number of ether oxygens (including phenoxy) is 1. The molecule has 0 fully saturated rings. The Morgan fingerprint density at radius 3 is 2.14 bits per heavy atom. The zero-order valence-electron chi connectivity index (χ0n) is 14.2. The highest BCUT2D eigenvalue weighted by Gasteiger charge is 2.03. The molecule has 2 heteroatoms. The van der Waals surface area contributed by atoms with Crippen LogP contribution in [0.3, 0.4) is 0 Å². The molecule has 1 N–H and O–H groups in total. The molecular formula is C19H33NO. The van der Waals surface area contributed by atoms with Gasteiger partial charge in [-0.1, -0.05) is 64.5 Å². The second kappa shape index (κ2) is 11.6. The predicted octanol–water partition coefficient (Wildman–Crippen LogP) is 5.49. The molecule has 0 aromatic heterocycles. The highest BCUT2D eigenvalue weighted by Crippen LogP contribution is 2.18. The van der Waals surface area contributed by atoms with Crippen LogP contribution in [0.2, 0.25) is 0 Å². The molecule has 0 saturated heterocycles. The molecule has 0 heterocycles. The van der Waals surface area contributed by atoms with Crippen molar-refractivity contribution in [1.82, 2.24) is 5.32 Å². The Balaban J connectivity index is 2.12. The third-order valence-electron chi connectivity index (χ3n) is 3.91. The molecular weight excluding hydrogens is 258 g/mol. The molecule has 1 rings (SSSR count). The van der Waals surface area contributed by atoms with Crippen molar-refractivity contribution in [1.29, 1.82) is 0 Å². The van der Waals surface area contributed by atoms with E-state index in [1.807, 2.05) is 0 Å². The first-order valence-corrected chi connectivity index (χ1v) is 8.74. The van der Waals surface area contributed by atoms with E-state index in [1.54, 1.807) is 0 Å². The van der Waals surface area contributed by atoms with E-state index in [2.05, 4.69) is 50.4 Å². The Kier molecular flexibility index (Phi) is 9.98. The van der Waals surface area contributed by atoms with Gasteiger partial charge in [-0.25, -0.2) is 0 Å². The van der Waals surface area contributed by atoms with E-state index in [1.165, 1.54) is 50.5 Å². The fraction of sp³-hybridized carbons (Fsp3) is 0.684. The van der Waals surface area contributed by atoms with Gasteiger partial charge in [-0.05, 0) is 37.6 Å². The maximum atomic E-state index is 5.81. The fourth-order valence-electron chi connectivity index (χ4n) is 2.53. The largest absolute Gasteiger partial charge is 0.494 e. The van der Waals surface area contributed by atoms with Gasteiger partial charge < -0.3 is 10.1 Å². The number of unbranched alkanes of at least 4 members (excludes halogenated alkanes) is 6. The number of benzene rings is 1. The third kappa shape index (κ3) is 8.11. The molecule has 0 spiro atoms. The lowest BCUT2D eigenvalue weighted by atomic mass is 10.1. The molecule has 0 radical (unpaired) electrons. The van der Waals surface area contributed by atoms with Crippen LogP contribution in [0.5, 0.6) is 5.75 Å². The summed E-state index contributed by atoms with van der Waals surface area (Å²) >= 11 is 0. The van der Waals surface area contributed by atoms with Crippen molar-refractivity contribution < 1.29 is 4.74 Å². The van der Waals surface area contributed by atoms with Gasteiger partial charge in [0.25, 0.3) is 0 Å². The molecule has 0 aliphatic carbocycles. The Morgan fingerprint density at radius 1 is 0.905 bits per heavy atom. The summed E-state index contributed by atoms with van der Waals surface area (Å²) in [4.78, 5) is 0. The Hall–Kier alpha value is -1.02. The molecule has 1 aromatic carbocycles. The highest BCUT2D eigenvalue weighted by molar-refractivity contribution is 5.28. The first-order valence-electron chi connectivity index (χ1n) is 8.74. The van der Waals surface area contributed by atoms with E-state index >= 15 is 0 Å². The van der Waals surface area contributed by atoms with Crippen LogP contribution in [0.1, 0.15) is 77.3 Å². The zero-order valence-corrected chi connectivity index (χ0v) is 14.2. The maximum absolute atomic E-state index is 5.81. The lowest BCUT2D eigenvalue weighted by Crippen LogP contribution is -2.17. The minimum absolute atomic E-state index is 0.409. The summed E-state index contributed by atoms with van der Waals surface area (Å²) in [7, 11) is 0. The Morgan fingerprint density at radius 2 is 1.52 bits per heavy atom. The number of nitrogens with one attached hydrogen (secondary N) is 1. The van der Waals surface area contributed by atoms with Gasteiger partial charge in [0, 0.05) is 6.04 Å². The van der Waals surface area contributed by atoms with E-state index in [-0.39, 0.29) is 0 Å². The first kappa shape index (κ1) is 18.0. The van der Waals surface area contributed by atoms with Gasteiger partial charge in [-0.3, -0.25) is 0 Å². The van der Waals surface area contributed by atoms with E-state index in [0.29, 0.717) is 6.04 Å². The molecule has 1 aromatic rings. The SMILES string of the molecule is CCCCCCCCCOc1ccc(C(C)NCC)cc1. The standard InChI is InChI=1S/C19H33NO/c1-4-6-7-8-9-10-11-16-21-19-14-12-18(13-15-19)17(3)20-5-2/h12-15,17,20H,4-11,16H2,1-3H3. The van der Waals surface area contributed by atoms with E-state index < -0.39 is 0 Å². The van der Waals surface area contributed by atoms with Crippen LogP contribution >= 0.6 is 0 Å². The topological polar surface area (TPSA) is 21.3 Å². The second-order valence-electron chi connectivity index (χ2n) is 5.82. The molecule has 0 saturated carbocycles. The van der Waals surface area contributed by atoms with Crippen molar-refractivity contribution in [3.8, 4) is 5.75 Å². The molecule has 0 bridgehead atoms. The molecule has 2 nitrogen and oxygen atoms in total. The second-order valence-corrected chi connectivity index (χ2v) is 5.82. The van der Waals surface area contributed by atoms with Gasteiger partial charge >= 0.3 is 0 Å². The summed E-state index contributed by atoms with van der Waals surface area (Å²) in [6.07, 6.45) is 9.29. The highest BCUT2D eigenvalue weighted by atomic mass is 16.5. The zero-order chi connectivity index (χ0) is 15.3. The number of hydrogen-bond donors (Lipinski definition) is 1. The first-order chi connectivity index (χ1) is 10.3. The molecule has 0 amide bonds. The molecule has 0 aliphatic rings. The molecule has 1 atom stereocenters. The Bertz CT molecular complexity index is 347. The van der Waals surface area contributed by atoms with Crippen molar-refractivity contribution in [3.05, 3.63) is 29.8 Å². The number of rotatable bonds is 12. The van der Waals surface area contributed by atoms with Crippen LogP contribution < -0.4 is 10.1 Å². The van der Waals surface area contributed by atoms with Crippen molar-refractivity contribution in [2.24, 2.45) is 0 Å². The van der Waals surface area contributed by atoms with Crippen molar-refractivity contribution >= 4 is 0 Å². The van der Waals surface area contributed by atoms with Crippen LogP contribution in [-0.2, 0) is 0 Å². The lowest BCUT2D eigenvalue weighted by molar-refractivity contribution is 0.304. The van der Waals surface area contributed by atoms with Crippen molar-refractivity contribution in [2.45, 2.75) is 71.8 Å². The quantitative estimate of drug-likeness (QED) is 0.514. The summed E-state index contributed by atoms with van der Waals surface area (Å²) < 4.78 is 5.81. The molecule has 1 unspecified atom stereocenters. The van der Waals surface area contributed by atoms with Crippen LogP contribution in [-0.4, -0.2) is 13.2 Å². The van der Waals surface area contributed by atoms with Crippen molar-refractivity contribution in [3.63, 3.8) is 0 Å². The minimum atomic E-state index is 0.409. The van der Waals surface area contributed by atoms with Gasteiger partial charge in [-0.2, -0.15) is 0 Å². The van der Waals surface area contributed by atoms with Crippen LogP contribution in [0.4, 0.5) is 0 Å². The normalized spacial score (nSPS) is 12.3. The molecule has 120 valence electrons. The van der Waals surface area contributed by atoms with Gasteiger partial charge in [0.05, 0.1) is 6.61 Å². The Labute approximate surface area is 131 Å². The van der Waals surface area contributed by atoms with Gasteiger partial charge in [0.2, 0.25) is 0 Å². The van der Waals surface area contributed by atoms with Crippen LogP contribution in [0.15, 0.2) is 24.3 Å². The average molecular weight is 291 g/mol. The fourth-order valence-corrected chi connectivity index (χ4v) is 2.53.